The highest BCUT2D eigenvalue weighted by molar-refractivity contribution is 6.03. The monoisotopic (exact) mass is 323 g/mol. The Balaban J connectivity index is 1.55. The first-order valence-electron chi connectivity index (χ1n) is 7.82. The van der Waals surface area contributed by atoms with Gasteiger partial charge in [0.2, 0.25) is 0 Å². The van der Waals surface area contributed by atoms with E-state index in [0.29, 0.717) is 25.2 Å². The first-order chi connectivity index (χ1) is 11.7. The number of nitrogens with zero attached hydrogens (tertiary/aromatic N) is 1. The van der Waals surface area contributed by atoms with Gasteiger partial charge < -0.3 is 20.1 Å². The van der Waals surface area contributed by atoms with Crippen LogP contribution in [0.15, 0.2) is 41.4 Å². The third-order valence-corrected chi connectivity index (χ3v) is 4.00. The summed E-state index contributed by atoms with van der Waals surface area (Å²) in [4.78, 5) is 16.4. The highest BCUT2D eigenvalue weighted by Gasteiger charge is 2.21. The maximum atomic E-state index is 11.7. The van der Waals surface area contributed by atoms with Gasteiger partial charge >= 0.3 is 0 Å². The Morgan fingerprint density at radius 3 is 2.71 bits per heavy atom. The van der Waals surface area contributed by atoms with E-state index in [2.05, 4.69) is 15.6 Å². The molecule has 2 heterocycles. The topological polar surface area (TPSA) is 72.0 Å². The molecule has 4 rings (SSSR count). The fraction of sp³-hybridized carbons (Fsp3) is 0.222. The van der Waals surface area contributed by atoms with Crippen LogP contribution in [0.25, 0.3) is 0 Å². The summed E-state index contributed by atoms with van der Waals surface area (Å²) in [5.41, 5.74) is 3.43. The second kappa shape index (κ2) is 5.88. The summed E-state index contributed by atoms with van der Waals surface area (Å²) >= 11 is 0. The SMILES string of the molecule is CNC(=O)c1cccc(NC2=Nc3cc4c(cc3C2)OCCO4)c1. The van der Waals surface area contributed by atoms with Crippen molar-refractivity contribution in [1.82, 2.24) is 5.32 Å². The van der Waals surface area contributed by atoms with Gasteiger partial charge in [0.1, 0.15) is 19.0 Å². The van der Waals surface area contributed by atoms with Crippen molar-refractivity contribution in [1.29, 1.82) is 0 Å². The summed E-state index contributed by atoms with van der Waals surface area (Å²) in [6.07, 6.45) is 0.691. The van der Waals surface area contributed by atoms with Crippen LogP contribution in [0.1, 0.15) is 15.9 Å². The van der Waals surface area contributed by atoms with Gasteiger partial charge in [-0.2, -0.15) is 0 Å². The number of rotatable bonds is 2. The fourth-order valence-corrected chi connectivity index (χ4v) is 2.85. The molecule has 6 nitrogen and oxygen atoms in total. The lowest BCUT2D eigenvalue weighted by molar-refractivity contribution is 0.0963. The van der Waals surface area contributed by atoms with Crippen LogP contribution in [0.4, 0.5) is 11.4 Å². The molecular formula is C18H17N3O3. The minimum atomic E-state index is -0.114. The van der Waals surface area contributed by atoms with E-state index in [0.717, 1.165) is 34.3 Å². The van der Waals surface area contributed by atoms with Crippen molar-refractivity contribution < 1.29 is 14.3 Å². The van der Waals surface area contributed by atoms with E-state index in [1.807, 2.05) is 30.3 Å². The number of carbonyl (C=O) groups excluding carboxylic acids is 1. The van der Waals surface area contributed by atoms with Gasteiger partial charge in [-0.1, -0.05) is 6.07 Å². The van der Waals surface area contributed by atoms with Gasteiger partial charge in [0, 0.05) is 30.8 Å². The molecule has 2 aromatic carbocycles. The third-order valence-electron chi connectivity index (χ3n) is 4.00. The van der Waals surface area contributed by atoms with Crippen LogP contribution in [-0.2, 0) is 6.42 Å². The number of amidine groups is 1. The number of amides is 1. The van der Waals surface area contributed by atoms with Crippen molar-refractivity contribution >= 4 is 23.1 Å². The molecule has 122 valence electrons. The van der Waals surface area contributed by atoms with Gasteiger partial charge in [-0.25, -0.2) is 4.99 Å². The molecule has 0 fully saturated rings. The van der Waals surface area contributed by atoms with Gasteiger partial charge in [0.25, 0.3) is 5.91 Å². The molecule has 2 aliphatic rings. The maximum Gasteiger partial charge on any atom is 0.251 e. The molecule has 0 bridgehead atoms. The predicted octanol–water partition coefficient (Wildman–Crippen LogP) is 2.52. The highest BCUT2D eigenvalue weighted by atomic mass is 16.6. The Bertz CT molecular complexity index is 845. The Kier molecular flexibility index (Phi) is 3.57. The standard InChI is InChI=1S/C18H17N3O3/c1-19-18(22)11-3-2-4-13(7-11)20-17-9-12-8-15-16(10-14(12)21-17)24-6-5-23-15/h2-4,7-8,10H,5-6,9H2,1H3,(H,19,22)(H,20,21). The zero-order chi connectivity index (χ0) is 16.5. The van der Waals surface area contributed by atoms with Crippen molar-refractivity contribution in [3.05, 3.63) is 47.5 Å². The second-order valence-electron chi connectivity index (χ2n) is 5.64. The van der Waals surface area contributed by atoms with Gasteiger partial charge in [0.15, 0.2) is 11.5 Å². The molecule has 2 N–H and O–H groups in total. The number of fused-ring (bicyclic) bond motifs is 2. The smallest absolute Gasteiger partial charge is 0.251 e. The minimum Gasteiger partial charge on any atom is -0.486 e. The Labute approximate surface area is 139 Å². The first-order valence-corrected chi connectivity index (χ1v) is 7.82. The highest BCUT2D eigenvalue weighted by Crippen LogP contribution is 2.39. The Morgan fingerprint density at radius 1 is 1.12 bits per heavy atom. The zero-order valence-electron chi connectivity index (χ0n) is 13.3. The van der Waals surface area contributed by atoms with Crippen LogP contribution in [0, 0.1) is 0 Å². The minimum absolute atomic E-state index is 0.114. The lowest BCUT2D eigenvalue weighted by Crippen LogP contribution is -2.18. The summed E-state index contributed by atoms with van der Waals surface area (Å²) in [6, 6.07) is 11.2. The van der Waals surface area contributed by atoms with Crippen LogP contribution < -0.4 is 20.1 Å². The lowest BCUT2D eigenvalue weighted by atomic mass is 10.1. The number of anilines is 1. The van der Waals surface area contributed by atoms with Gasteiger partial charge in [-0.15, -0.1) is 0 Å². The van der Waals surface area contributed by atoms with E-state index in [1.165, 1.54) is 0 Å². The average Bonchev–Trinajstić information content (AvgIpc) is 3.00. The number of ether oxygens (including phenoxy) is 2. The lowest BCUT2D eigenvalue weighted by Gasteiger charge is -2.18. The molecule has 1 amide bonds. The molecule has 0 saturated carbocycles. The third kappa shape index (κ3) is 2.67. The van der Waals surface area contributed by atoms with Crippen LogP contribution in [0.2, 0.25) is 0 Å². The summed E-state index contributed by atoms with van der Waals surface area (Å²) in [5, 5.41) is 5.91. The Morgan fingerprint density at radius 2 is 1.92 bits per heavy atom. The number of hydrogen-bond acceptors (Lipinski definition) is 5. The van der Waals surface area contributed by atoms with Crippen molar-refractivity contribution in [3.8, 4) is 11.5 Å². The molecule has 0 atom stereocenters. The van der Waals surface area contributed by atoms with Crippen molar-refractivity contribution in [3.63, 3.8) is 0 Å². The van der Waals surface area contributed by atoms with Crippen LogP contribution in [-0.4, -0.2) is 32.0 Å². The quantitative estimate of drug-likeness (QED) is 0.891. The average molecular weight is 323 g/mol. The molecule has 0 radical (unpaired) electrons. The number of benzene rings is 2. The molecule has 24 heavy (non-hydrogen) atoms. The molecule has 6 heteroatoms. The molecule has 0 saturated heterocycles. The van der Waals surface area contributed by atoms with E-state index in [9.17, 15) is 4.79 Å². The van der Waals surface area contributed by atoms with Gasteiger partial charge in [-0.3, -0.25) is 4.79 Å². The number of aliphatic imine (C=N–C) groups is 1. The Hall–Kier alpha value is -3.02. The molecule has 0 aromatic heterocycles. The van der Waals surface area contributed by atoms with Gasteiger partial charge in [0.05, 0.1) is 5.69 Å². The molecule has 0 spiro atoms. The summed E-state index contributed by atoms with van der Waals surface area (Å²) in [7, 11) is 1.62. The zero-order valence-corrected chi connectivity index (χ0v) is 13.3. The summed E-state index contributed by atoms with van der Waals surface area (Å²) in [5.74, 6) is 2.24. The fourth-order valence-electron chi connectivity index (χ4n) is 2.85. The predicted molar refractivity (Wildman–Crippen MR) is 91.7 cm³/mol. The first kappa shape index (κ1) is 14.6. The summed E-state index contributed by atoms with van der Waals surface area (Å²) < 4.78 is 11.2. The largest absolute Gasteiger partial charge is 0.486 e. The van der Waals surface area contributed by atoms with E-state index in [-0.39, 0.29) is 5.91 Å². The molecule has 2 aromatic rings. The molecule has 0 aliphatic carbocycles. The van der Waals surface area contributed by atoms with Crippen molar-refractivity contribution in [2.45, 2.75) is 6.42 Å². The van der Waals surface area contributed by atoms with Crippen LogP contribution in [0.3, 0.4) is 0 Å². The van der Waals surface area contributed by atoms with Crippen LogP contribution in [0.5, 0.6) is 11.5 Å². The van der Waals surface area contributed by atoms with Crippen molar-refractivity contribution in [2.24, 2.45) is 4.99 Å². The van der Waals surface area contributed by atoms with E-state index >= 15 is 0 Å². The number of hydrogen-bond donors (Lipinski definition) is 2. The van der Waals surface area contributed by atoms with Gasteiger partial charge in [-0.05, 0) is 29.8 Å². The van der Waals surface area contributed by atoms with E-state index in [4.69, 9.17) is 9.47 Å². The summed E-state index contributed by atoms with van der Waals surface area (Å²) in [6.45, 7) is 1.14. The molecule has 2 aliphatic heterocycles. The van der Waals surface area contributed by atoms with Crippen LogP contribution >= 0.6 is 0 Å². The van der Waals surface area contributed by atoms with Crippen molar-refractivity contribution in [2.75, 3.05) is 25.6 Å². The second-order valence-corrected chi connectivity index (χ2v) is 5.64. The molecular weight excluding hydrogens is 306 g/mol. The number of nitrogens with one attached hydrogen (secondary N) is 2. The van der Waals surface area contributed by atoms with E-state index in [1.54, 1.807) is 13.1 Å². The number of carbonyl (C=O) groups is 1. The van der Waals surface area contributed by atoms with E-state index < -0.39 is 0 Å². The normalized spacial score (nSPS) is 14.6. The maximum absolute atomic E-state index is 11.7. The molecule has 0 unspecified atom stereocenters.